The maximum Gasteiger partial charge on any atom is 0.424 e. The molecule has 2 heterocycles. The van der Waals surface area contributed by atoms with Crippen molar-refractivity contribution in [2.24, 2.45) is 17.8 Å². The summed E-state index contributed by atoms with van der Waals surface area (Å²) < 4.78 is 9.80. The average Bonchev–Trinajstić information content (AvgIpc) is 3.00. The van der Waals surface area contributed by atoms with Crippen LogP contribution in [-0.4, -0.2) is 90.6 Å². The van der Waals surface area contributed by atoms with Gasteiger partial charge in [0.2, 0.25) is 5.91 Å². The van der Waals surface area contributed by atoms with E-state index >= 15 is 0 Å². The predicted octanol–water partition coefficient (Wildman–Crippen LogP) is 2.32. The van der Waals surface area contributed by atoms with E-state index in [0.29, 0.717) is 30.4 Å². The highest BCUT2D eigenvalue weighted by molar-refractivity contribution is 6.07. The molecule has 2 aliphatic rings. The van der Waals surface area contributed by atoms with E-state index in [9.17, 15) is 24.0 Å². The lowest BCUT2D eigenvalue weighted by molar-refractivity contribution is -0.151. The fourth-order valence-electron chi connectivity index (χ4n) is 5.75. The van der Waals surface area contributed by atoms with E-state index < -0.39 is 41.7 Å². The van der Waals surface area contributed by atoms with Crippen LogP contribution >= 0.6 is 0 Å². The van der Waals surface area contributed by atoms with Crippen LogP contribution in [0.25, 0.3) is 10.9 Å². The van der Waals surface area contributed by atoms with Gasteiger partial charge in [0.15, 0.2) is 11.8 Å². The lowest BCUT2D eigenvalue weighted by atomic mass is 9.78. The number of rotatable bonds is 9. The number of amides is 3. The van der Waals surface area contributed by atoms with Crippen molar-refractivity contribution in [3.8, 4) is 0 Å². The third-order valence-electron chi connectivity index (χ3n) is 8.10. The highest BCUT2D eigenvalue weighted by Crippen LogP contribution is 2.35. The predicted molar refractivity (Wildman–Crippen MR) is 153 cm³/mol. The normalized spacial score (nSPS) is 20.3. The van der Waals surface area contributed by atoms with Crippen molar-refractivity contribution < 1.29 is 33.4 Å². The number of ketones is 1. The minimum Gasteiger partial charge on any atom is -0.467 e. The summed E-state index contributed by atoms with van der Waals surface area (Å²) in [5.74, 6) is -2.66. The van der Waals surface area contributed by atoms with E-state index in [-0.39, 0.29) is 18.2 Å². The van der Waals surface area contributed by atoms with E-state index in [0.717, 1.165) is 38.2 Å². The van der Waals surface area contributed by atoms with E-state index in [1.165, 1.54) is 12.1 Å². The van der Waals surface area contributed by atoms with Crippen molar-refractivity contribution in [3.63, 3.8) is 0 Å². The van der Waals surface area contributed by atoms with Crippen molar-refractivity contribution >= 4 is 40.6 Å². The summed E-state index contributed by atoms with van der Waals surface area (Å²) >= 11 is 0. The van der Waals surface area contributed by atoms with Crippen LogP contribution in [0.3, 0.4) is 0 Å². The van der Waals surface area contributed by atoms with Gasteiger partial charge in [-0.3, -0.25) is 14.4 Å². The second kappa shape index (κ2) is 13.7. The summed E-state index contributed by atoms with van der Waals surface area (Å²) in [5.41, 5.74) is 0.757. The largest absolute Gasteiger partial charge is 0.467 e. The van der Waals surface area contributed by atoms with Crippen molar-refractivity contribution in [2.75, 3.05) is 33.9 Å². The Morgan fingerprint density at radius 1 is 0.929 bits per heavy atom. The summed E-state index contributed by atoms with van der Waals surface area (Å²) in [6, 6.07) is 7.96. The first-order chi connectivity index (χ1) is 20.1. The molecule has 3 amide bonds. The standard InChI is InChI=1S/C30H39N5O7/c1-18(2)25(32-27(37)23-14-13-19-9-7-8-12-22(19)31-23)28(38)33-26(29(39)41-3)24(36)17-34-15-20-10-5-6-11-21(20)16-35(34)30(40)42-4/h7-9,12-14,18,20-21,25-26H,5-6,10-11,15-17H2,1-4H3,(H,32,37)(H,33,38). The molecule has 1 aliphatic carbocycles. The molecule has 226 valence electrons. The van der Waals surface area contributed by atoms with Crippen molar-refractivity contribution in [2.45, 2.75) is 51.6 Å². The quantitative estimate of drug-likeness (QED) is 0.336. The number of hydrazine groups is 1. The number of nitrogens with zero attached hydrogens (tertiary/aromatic N) is 3. The number of hydrogen-bond acceptors (Lipinski definition) is 9. The summed E-state index contributed by atoms with van der Waals surface area (Å²) in [5, 5.41) is 9.03. The average molecular weight is 582 g/mol. The third-order valence-corrected chi connectivity index (χ3v) is 8.10. The molecule has 0 radical (unpaired) electrons. The van der Waals surface area contributed by atoms with Gasteiger partial charge < -0.3 is 20.1 Å². The Labute approximate surface area is 245 Å². The molecule has 4 unspecified atom stereocenters. The molecule has 12 nitrogen and oxygen atoms in total. The summed E-state index contributed by atoms with van der Waals surface area (Å²) in [6.07, 6.45) is 3.58. The number of esters is 1. The molecule has 2 fully saturated rings. The number of ether oxygens (including phenoxy) is 2. The molecule has 42 heavy (non-hydrogen) atoms. The third kappa shape index (κ3) is 7.04. The second-order valence-corrected chi connectivity index (χ2v) is 11.2. The molecule has 1 aromatic heterocycles. The van der Waals surface area contributed by atoms with Gasteiger partial charge in [-0.05, 0) is 42.7 Å². The molecule has 1 aromatic carbocycles. The van der Waals surface area contributed by atoms with Crippen LogP contribution in [0.4, 0.5) is 4.79 Å². The maximum atomic E-state index is 13.5. The SMILES string of the molecule is COC(=O)C(NC(=O)C(NC(=O)c1ccc2ccccc2n1)C(C)C)C(=O)CN1CC2CCCCC2CN1C(=O)OC. The summed E-state index contributed by atoms with van der Waals surface area (Å²) in [6.45, 7) is 4.03. The van der Waals surface area contributed by atoms with Crippen molar-refractivity contribution in [1.82, 2.24) is 25.6 Å². The number of methoxy groups -OCH3 is 2. The van der Waals surface area contributed by atoms with Crippen molar-refractivity contribution in [3.05, 3.63) is 42.1 Å². The molecule has 1 saturated heterocycles. The number of aromatic nitrogens is 1. The Hall–Kier alpha value is -4.06. The van der Waals surface area contributed by atoms with E-state index in [1.54, 1.807) is 37.1 Å². The number of Topliss-reactive ketones (excluding diaryl/α,β-unsaturated/α-hetero) is 1. The van der Waals surface area contributed by atoms with Crippen LogP contribution in [0.2, 0.25) is 0 Å². The Morgan fingerprint density at radius 2 is 1.62 bits per heavy atom. The fourth-order valence-corrected chi connectivity index (χ4v) is 5.75. The topological polar surface area (TPSA) is 147 Å². The van der Waals surface area contributed by atoms with Gasteiger partial charge in [0.1, 0.15) is 11.7 Å². The highest BCUT2D eigenvalue weighted by Gasteiger charge is 2.41. The molecule has 0 bridgehead atoms. The Bertz CT molecular complexity index is 1330. The maximum absolute atomic E-state index is 13.5. The molecule has 12 heteroatoms. The number of para-hydroxylation sites is 1. The molecule has 2 N–H and O–H groups in total. The zero-order chi connectivity index (χ0) is 30.4. The van der Waals surface area contributed by atoms with Crippen LogP contribution < -0.4 is 10.6 Å². The Morgan fingerprint density at radius 3 is 2.29 bits per heavy atom. The Kier molecular flexibility index (Phi) is 10.1. The monoisotopic (exact) mass is 581 g/mol. The number of hydrogen-bond donors (Lipinski definition) is 2. The van der Waals surface area contributed by atoms with Crippen LogP contribution in [-0.2, 0) is 23.9 Å². The Balaban J connectivity index is 1.47. The lowest BCUT2D eigenvalue weighted by Gasteiger charge is -2.47. The fraction of sp³-hybridized carbons (Fsp3) is 0.533. The van der Waals surface area contributed by atoms with Gasteiger partial charge >= 0.3 is 12.1 Å². The van der Waals surface area contributed by atoms with Crippen LogP contribution in [0, 0.1) is 17.8 Å². The second-order valence-electron chi connectivity index (χ2n) is 11.2. The van der Waals surface area contributed by atoms with Gasteiger partial charge in [-0.1, -0.05) is 51.0 Å². The van der Waals surface area contributed by atoms with E-state index in [4.69, 9.17) is 9.47 Å². The number of benzene rings is 1. The van der Waals surface area contributed by atoms with E-state index in [1.807, 2.05) is 18.2 Å². The molecule has 4 rings (SSSR count). The zero-order valence-corrected chi connectivity index (χ0v) is 24.5. The first kappa shape index (κ1) is 30.9. The molecule has 0 spiro atoms. The molecule has 1 saturated carbocycles. The van der Waals surface area contributed by atoms with Gasteiger partial charge in [-0.2, -0.15) is 0 Å². The van der Waals surface area contributed by atoms with E-state index in [2.05, 4.69) is 15.6 Å². The zero-order valence-electron chi connectivity index (χ0n) is 24.5. The first-order valence-electron chi connectivity index (χ1n) is 14.3. The highest BCUT2D eigenvalue weighted by atomic mass is 16.5. The number of carbonyl (C=O) groups is 5. The number of fused-ring (bicyclic) bond motifs is 2. The molecular formula is C30H39N5O7. The minimum absolute atomic E-state index is 0.127. The summed E-state index contributed by atoms with van der Waals surface area (Å²) in [4.78, 5) is 69.6. The van der Waals surface area contributed by atoms with Gasteiger partial charge in [0.05, 0.1) is 26.3 Å². The number of pyridine rings is 1. The number of carbonyl (C=O) groups excluding carboxylic acids is 5. The molecular weight excluding hydrogens is 542 g/mol. The number of nitrogens with one attached hydrogen (secondary N) is 2. The first-order valence-corrected chi connectivity index (χ1v) is 14.3. The molecule has 4 atom stereocenters. The van der Waals surface area contributed by atoms with Crippen LogP contribution in [0.5, 0.6) is 0 Å². The summed E-state index contributed by atoms with van der Waals surface area (Å²) in [7, 11) is 2.40. The van der Waals surface area contributed by atoms with Crippen LogP contribution in [0.15, 0.2) is 36.4 Å². The van der Waals surface area contributed by atoms with Gasteiger partial charge in [0.25, 0.3) is 5.91 Å². The van der Waals surface area contributed by atoms with Gasteiger partial charge in [0, 0.05) is 18.5 Å². The van der Waals surface area contributed by atoms with Gasteiger partial charge in [-0.15, -0.1) is 0 Å². The minimum atomic E-state index is -1.64. The van der Waals surface area contributed by atoms with Crippen molar-refractivity contribution in [1.29, 1.82) is 0 Å². The molecule has 2 aromatic rings. The van der Waals surface area contributed by atoms with Gasteiger partial charge in [-0.25, -0.2) is 24.6 Å². The molecule has 1 aliphatic heterocycles. The lowest BCUT2D eigenvalue weighted by Crippen LogP contribution is -2.61. The smallest absolute Gasteiger partial charge is 0.424 e. The van der Waals surface area contributed by atoms with Crippen LogP contribution in [0.1, 0.15) is 50.0 Å².